The molecule has 1 saturated heterocycles. The molecule has 1 aliphatic heterocycles. The molecule has 32 heavy (non-hydrogen) atoms. The van der Waals surface area contributed by atoms with Gasteiger partial charge in [-0.3, -0.25) is 9.52 Å². The molecule has 0 aromatic heterocycles. The van der Waals surface area contributed by atoms with Gasteiger partial charge in [-0.25, -0.2) is 8.42 Å². The second-order valence-electron chi connectivity index (χ2n) is 7.85. The summed E-state index contributed by atoms with van der Waals surface area (Å²) in [5.74, 6) is 0.716. The van der Waals surface area contributed by atoms with Gasteiger partial charge in [0.15, 0.2) is 0 Å². The van der Waals surface area contributed by atoms with E-state index in [0.29, 0.717) is 17.8 Å². The first-order valence-corrected chi connectivity index (χ1v) is 12.1. The minimum atomic E-state index is -3.72. The van der Waals surface area contributed by atoms with Crippen LogP contribution in [-0.2, 0) is 16.4 Å². The number of carbonyl (C=O) groups excluding carboxylic acids is 1. The molecule has 6 nitrogen and oxygen atoms in total. The minimum Gasteiger partial charge on any atom is -0.497 e. The Morgan fingerprint density at radius 2 is 1.81 bits per heavy atom. The predicted molar refractivity (Wildman–Crippen MR) is 124 cm³/mol. The van der Waals surface area contributed by atoms with Crippen molar-refractivity contribution in [1.29, 1.82) is 0 Å². The maximum absolute atomic E-state index is 13.3. The number of nitrogens with one attached hydrogen (secondary N) is 1. The van der Waals surface area contributed by atoms with Crippen LogP contribution in [0.15, 0.2) is 83.8 Å². The molecule has 0 aliphatic carbocycles. The standard InChI is InChI=1S/C25H26N2O4S/c1-31-23-12-5-8-19(17-23)16-22-11-7-15-27(22)25(28)20-9-6-10-21(18-20)26-32(29,30)24-13-3-2-4-14-24/h2-6,8-10,12-14,17-18,22,26H,7,11,15-16H2,1H3. The topological polar surface area (TPSA) is 75.7 Å². The zero-order chi connectivity index (χ0) is 22.6. The lowest BCUT2D eigenvalue weighted by Crippen LogP contribution is -2.36. The summed E-state index contributed by atoms with van der Waals surface area (Å²) in [5.41, 5.74) is 1.96. The second kappa shape index (κ2) is 9.44. The average Bonchev–Trinajstić information content (AvgIpc) is 3.27. The maximum atomic E-state index is 13.3. The molecule has 3 aromatic rings. The average molecular weight is 451 g/mol. The molecule has 7 heteroatoms. The molecule has 1 atom stereocenters. The van der Waals surface area contributed by atoms with Crippen molar-refractivity contribution in [3.8, 4) is 5.75 Å². The molecule has 166 valence electrons. The van der Waals surface area contributed by atoms with Crippen molar-refractivity contribution in [2.75, 3.05) is 18.4 Å². The van der Waals surface area contributed by atoms with Gasteiger partial charge < -0.3 is 9.64 Å². The van der Waals surface area contributed by atoms with Crippen molar-refractivity contribution in [2.45, 2.75) is 30.2 Å². The first-order valence-electron chi connectivity index (χ1n) is 10.6. The van der Waals surface area contributed by atoms with E-state index >= 15 is 0 Å². The fourth-order valence-electron chi connectivity index (χ4n) is 4.08. The number of hydrogen-bond donors (Lipinski definition) is 1. The molecule has 0 saturated carbocycles. The van der Waals surface area contributed by atoms with Crippen LogP contribution in [0.1, 0.15) is 28.8 Å². The molecular formula is C25H26N2O4S. The Labute approximate surface area is 188 Å². The van der Waals surface area contributed by atoms with Crippen molar-refractivity contribution in [3.05, 3.63) is 90.0 Å². The number of sulfonamides is 1. The van der Waals surface area contributed by atoms with E-state index in [2.05, 4.69) is 4.72 Å². The predicted octanol–water partition coefficient (Wildman–Crippen LogP) is 4.34. The third-order valence-corrected chi connectivity index (χ3v) is 7.06. The monoisotopic (exact) mass is 450 g/mol. The van der Waals surface area contributed by atoms with E-state index in [1.54, 1.807) is 49.6 Å². The number of methoxy groups -OCH3 is 1. The van der Waals surface area contributed by atoms with Crippen LogP contribution in [0.5, 0.6) is 5.75 Å². The summed E-state index contributed by atoms with van der Waals surface area (Å²) in [5, 5.41) is 0. The van der Waals surface area contributed by atoms with Gasteiger partial charge in [0.05, 0.1) is 12.0 Å². The van der Waals surface area contributed by atoms with Gasteiger partial charge in [0.25, 0.3) is 15.9 Å². The van der Waals surface area contributed by atoms with Crippen LogP contribution < -0.4 is 9.46 Å². The molecule has 1 aliphatic rings. The molecule has 1 amide bonds. The molecule has 1 unspecified atom stereocenters. The molecule has 0 bridgehead atoms. The van der Waals surface area contributed by atoms with E-state index in [0.717, 1.165) is 30.6 Å². The van der Waals surface area contributed by atoms with Gasteiger partial charge in [0.1, 0.15) is 5.75 Å². The van der Waals surface area contributed by atoms with Crippen LogP contribution in [-0.4, -0.2) is 38.9 Å². The summed E-state index contributed by atoms with van der Waals surface area (Å²) in [6.07, 6.45) is 2.63. The first kappa shape index (κ1) is 21.9. The summed E-state index contributed by atoms with van der Waals surface area (Å²) in [6.45, 7) is 0.688. The Morgan fingerprint density at radius 3 is 2.59 bits per heavy atom. The van der Waals surface area contributed by atoms with Crippen molar-refractivity contribution < 1.29 is 17.9 Å². The zero-order valence-electron chi connectivity index (χ0n) is 17.9. The lowest BCUT2D eigenvalue weighted by atomic mass is 10.0. The Kier molecular flexibility index (Phi) is 6.46. The van der Waals surface area contributed by atoms with Crippen LogP contribution in [0.3, 0.4) is 0 Å². The molecule has 0 spiro atoms. The summed E-state index contributed by atoms with van der Waals surface area (Å²) < 4.78 is 33.1. The van der Waals surface area contributed by atoms with Crippen LogP contribution in [0.2, 0.25) is 0 Å². The summed E-state index contributed by atoms with van der Waals surface area (Å²) >= 11 is 0. The molecule has 3 aromatic carbocycles. The highest BCUT2D eigenvalue weighted by atomic mass is 32.2. The molecule has 4 rings (SSSR count). The van der Waals surface area contributed by atoms with E-state index in [9.17, 15) is 13.2 Å². The lowest BCUT2D eigenvalue weighted by Gasteiger charge is -2.25. The van der Waals surface area contributed by atoms with Crippen molar-refractivity contribution in [3.63, 3.8) is 0 Å². The van der Waals surface area contributed by atoms with Crippen molar-refractivity contribution in [1.82, 2.24) is 4.90 Å². The molecule has 0 radical (unpaired) electrons. The number of carbonyl (C=O) groups is 1. The fourth-order valence-corrected chi connectivity index (χ4v) is 5.15. The summed E-state index contributed by atoms with van der Waals surface area (Å²) in [6, 6.07) is 22.8. The van der Waals surface area contributed by atoms with Gasteiger partial charge in [0.2, 0.25) is 0 Å². The van der Waals surface area contributed by atoms with E-state index in [-0.39, 0.29) is 16.8 Å². The molecule has 1 N–H and O–H groups in total. The number of anilines is 1. The van der Waals surface area contributed by atoms with Gasteiger partial charge in [-0.1, -0.05) is 36.4 Å². The number of nitrogens with zero attached hydrogens (tertiary/aromatic N) is 1. The Hall–Kier alpha value is -3.32. The Bertz CT molecular complexity index is 1200. The molecule has 1 heterocycles. The maximum Gasteiger partial charge on any atom is 0.261 e. The number of amides is 1. The number of ether oxygens (including phenoxy) is 1. The van der Waals surface area contributed by atoms with E-state index < -0.39 is 10.0 Å². The SMILES string of the molecule is COc1cccc(CC2CCCN2C(=O)c2cccc(NS(=O)(=O)c3ccccc3)c2)c1. The third kappa shape index (κ3) is 4.94. The van der Waals surface area contributed by atoms with E-state index in [4.69, 9.17) is 4.74 Å². The normalized spacial score (nSPS) is 16.0. The number of likely N-dealkylation sites (tertiary alicyclic amines) is 1. The Morgan fingerprint density at radius 1 is 1.03 bits per heavy atom. The first-order chi connectivity index (χ1) is 15.5. The minimum absolute atomic E-state index is 0.0869. The van der Waals surface area contributed by atoms with Crippen LogP contribution in [0.4, 0.5) is 5.69 Å². The number of hydrogen-bond acceptors (Lipinski definition) is 4. The van der Waals surface area contributed by atoms with Gasteiger partial charge in [-0.2, -0.15) is 0 Å². The molecular weight excluding hydrogens is 424 g/mol. The lowest BCUT2D eigenvalue weighted by molar-refractivity contribution is 0.0736. The number of benzene rings is 3. The van der Waals surface area contributed by atoms with Crippen LogP contribution in [0.25, 0.3) is 0 Å². The van der Waals surface area contributed by atoms with E-state index in [1.807, 2.05) is 29.2 Å². The van der Waals surface area contributed by atoms with E-state index in [1.165, 1.54) is 12.1 Å². The highest BCUT2D eigenvalue weighted by Crippen LogP contribution is 2.26. The van der Waals surface area contributed by atoms with Crippen LogP contribution in [0, 0.1) is 0 Å². The number of rotatable bonds is 7. The van der Waals surface area contributed by atoms with Gasteiger partial charge in [-0.15, -0.1) is 0 Å². The van der Waals surface area contributed by atoms with Gasteiger partial charge in [0, 0.05) is 23.8 Å². The van der Waals surface area contributed by atoms with Crippen molar-refractivity contribution in [2.24, 2.45) is 0 Å². The summed E-state index contributed by atoms with van der Waals surface area (Å²) in [4.78, 5) is 15.4. The van der Waals surface area contributed by atoms with Crippen LogP contribution >= 0.6 is 0 Å². The quantitative estimate of drug-likeness (QED) is 0.581. The third-order valence-electron chi connectivity index (χ3n) is 5.66. The summed E-state index contributed by atoms with van der Waals surface area (Å²) in [7, 11) is -2.08. The molecule has 1 fully saturated rings. The smallest absolute Gasteiger partial charge is 0.261 e. The highest BCUT2D eigenvalue weighted by molar-refractivity contribution is 7.92. The zero-order valence-corrected chi connectivity index (χ0v) is 18.7. The van der Waals surface area contributed by atoms with Gasteiger partial charge in [-0.05, 0) is 67.3 Å². The second-order valence-corrected chi connectivity index (χ2v) is 9.53. The fraction of sp³-hybridized carbons (Fsp3) is 0.240. The van der Waals surface area contributed by atoms with Gasteiger partial charge >= 0.3 is 0 Å². The highest BCUT2D eigenvalue weighted by Gasteiger charge is 2.29. The Balaban J connectivity index is 1.50. The largest absolute Gasteiger partial charge is 0.497 e. The van der Waals surface area contributed by atoms with Crippen molar-refractivity contribution >= 4 is 21.6 Å².